The van der Waals surface area contributed by atoms with Crippen LogP contribution in [0.15, 0.2) is 24.3 Å². The SMILES string of the molecule is Cc1cccc(C(=O)NCC[NH+](C)[O-])c1. The van der Waals surface area contributed by atoms with Crippen LogP contribution in [0.4, 0.5) is 0 Å². The molecule has 0 aliphatic carbocycles. The van der Waals surface area contributed by atoms with Gasteiger partial charge in [0.05, 0.1) is 20.1 Å². The molecule has 1 aromatic rings. The minimum atomic E-state index is -0.125. The predicted octanol–water partition coefficient (Wildman–Crippen LogP) is -0.263. The highest BCUT2D eigenvalue weighted by Crippen LogP contribution is 2.02. The summed E-state index contributed by atoms with van der Waals surface area (Å²) < 4.78 is 0. The standard InChI is InChI=1S/C11H16N2O2/c1-9-4-3-5-10(8-9)11(14)12-6-7-13(2)15/h3-5,8,13H,6-7H2,1-2H3,(H,12,14). The van der Waals surface area contributed by atoms with E-state index in [1.54, 1.807) is 6.07 Å². The van der Waals surface area contributed by atoms with Crippen molar-refractivity contribution in [3.8, 4) is 0 Å². The van der Waals surface area contributed by atoms with E-state index in [-0.39, 0.29) is 11.0 Å². The Morgan fingerprint density at radius 1 is 1.53 bits per heavy atom. The molecule has 0 saturated heterocycles. The van der Waals surface area contributed by atoms with E-state index in [1.807, 2.05) is 25.1 Å². The summed E-state index contributed by atoms with van der Waals surface area (Å²) in [7, 11) is 1.51. The van der Waals surface area contributed by atoms with Crippen LogP contribution in [-0.2, 0) is 0 Å². The second-order valence-electron chi connectivity index (χ2n) is 3.58. The van der Waals surface area contributed by atoms with Gasteiger partial charge in [-0.05, 0) is 19.1 Å². The Labute approximate surface area is 89.5 Å². The van der Waals surface area contributed by atoms with Crippen LogP contribution in [0.5, 0.6) is 0 Å². The molecule has 0 saturated carbocycles. The van der Waals surface area contributed by atoms with Crippen LogP contribution in [0.1, 0.15) is 15.9 Å². The lowest BCUT2D eigenvalue weighted by molar-refractivity contribution is -0.824. The smallest absolute Gasteiger partial charge is 0.251 e. The molecule has 15 heavy (non-hydrogen) atoms. The molecule has 2 N–H and O–H groups in total. The summed E-state index contributed by atoms with van der Waals surface area (Å²) in [6.45, 7) is 2.73. The Hall–Kier alpha value is -1.39. The molecule has 0 bridgehead atoms. The molecule has 0 heterocycles. The molecule has 0 spiro atoms. The quantitative estimate of drug-likeness (QED) is 0.670. The molecule has 4 nitrogen and oxygen atoms in total. The van der Waals surface area contributed by atoms with Crippen molar-refractivity contribution in [1.82, 2.24) is 5.32 Å². The number of hydroxylamine groups is 2. The third kappa shape index (κ3) is 4.10. The summed E-state index contributed by atoms with van der Waals surface area (Å²) in [4.78, 5) is 11.6. The van der Waals surface area contributed by atoms with Gasteiger partial charge in [0, 0.05) is 5.56 Å². The van der Waals surface area contributed by atoms with E-state index in [0.717, 1.165) is 5.56 Å². The summed E-state index contributed by atoms with van der Waals surface area (Å²) in [6.07, 6.45) is 0. The molecule has 1 unspecified atom stereocenters. The number of rotatable bonds is 4. The number of aryl methyl sites for hydroxylation is 1. The highest BCUT2D eigenvalue weighted by Gasteiger charge is 2.04. The second-order valence-corrected chi connectivity index (χ2v) is 3.58. The lowest BCUT2D eigenvalue weighted by Crippen LogP contribution is -3.04. The molecule has 1 atom stereocenters. The molecule has 1 rings (SSSR count). The maximum atomic E-state index is 11.6. The van der Waals surface area contributed by atoms with E-state index in [4.69, 9.17) is 0 Å². The first-order valence-electron chi connectivity index (χ1n) is 4.94. The zero-order valence-corrected chi connectivity index (χ0v) is 9.04. The monoisotopic (exact) mass is 208 g/mol. The number of carbonyl (C=O) groups excluding carboxylic acids is 1. The van der Waals surface area contributed by atoms with Crippen LogP contribution in [-0.4, -0.2) is 26.0 Å². The minimum Gasteiger partial charge on any atom is -0.634 e. The zero-order chi connectivity index (χ0) is 11.3. The first-order valence-corrected chi connectivity index (χ1v) is 4.94. The van der Waals surface area contributed by atoms with Gasteiger partial charge in [-0.2, -0.15) is 0 Å². The summed E-state index contributed by atoms with van der Waals surface area (Å²) in [5, 5.41) is 13.4. The van der Waals surface area contributed by atoms with Gasteiger partial charge in [0.25, 0.3) is 5.91 Å². The van der Waals surface area contributed by atoms with Gasteiger partial charge in [-0.3, -0.25) is 4.79 Å². The average Bonchev–Trinajstić information content (AvgIpc) is 2.17. The molecule has 82 valence electrons. The maximum Gasteiger partial charge on any atom is 0.251 e. The Balaban J connectivity index is 2.47. The van der Waals surface area contributed by atoms with Gasteiger partial charge in [0.1, 0.15) is 0 Å². The van der Waals surface area contributed by atoms with Crippen molar-refractivity contribution in [1.29, 1.82) is 0 Å². The maximum absolute atomic E-state index is 11.6. The minimum absolute atomic E-state index is 0.0829. The van der Waals surface area contributed by atoms with E-state index in [9.17, 15) is 10.0 Å². The number of amides is 1. The van der Waals surface area contributed by atoms with E-state index >= 15 is 0 Å². The number of nitrogens with one attached hydrogen (secondary N) is 2. The fourth-order valence-corrected chi connectivity index (χ4v) is 1.24. The van der Waals surface area contributed by atoms with Gasteiger partial charge < -0.3 is 15.6 Å². The largest absolute Gasteiger partial charge is 0.634 e. The molecule has 4 heteroatoms. The van der Waals surface area contributed by atoms with Gasteiger partial charge in [-0.1, -0.05) is 17.7 Å². The van der Waals surface area contributed by atoms with Gasteiger partial charge >= 0.3 is 0 Å². The van der Waals surface area contributed by atoms with E-state index in [1.165, 1.54) is 7.05 Å². The summed E-state index contributed by atoms with van der Waals surface area (Å²) in [5.74, 6) is -0.125. The van der Waals surface area contributed by atoms with Crippen LogP contribution >= 0.6 is 0 Å². The second kappa shape index (κ2) is 5.48. The van der Waals surface area contributed by atoms with E-state index < -0.39 is 0 Å². The number of benzene rings is 1. The Kier molecular flexibility index (Phi) is 4.27. The fourth-order valence-electron chi connectivity index (χ4n) is 1.24. The number of hydrogen-bond donors (Lipinski definition) is 2. The molecule has 0 aromatic heterocycles. The van der Waals surface area contributed by atoms with E-state index in [2.05, 4.69) is 5.32 Å². The molecule has 1 amide bonds. The molecule has 0 fully saturated rings. The Morgan fingerprint density at radius 2 is 2.27 bits per heavy atom. The van der Waals surface area contributed by atoms with Crippen molar-refractivity contribution in [3.05, 3.63) is 40.6 Å². The van der Waals surface area contributed by atoms with Crippen molar-refractivity contribution >= 4 is 5.91 Å². The third-order valence-electron chi connectivity index (χ3n) is 2.04. The average molecular weight is 208 g/mol. The molecule has 0 aliphatic heterocycles. The van der Waals surface area contributed by atoms with Crippen LogP contribution in [0.2, 0.25) is 0 Å². The first kappa shape index (κ1) is 11.7. The van der Waals surface area contributed by atoms with Crippen LogP contribution in [0.3, 0.4) is 0 Å². The molecular weight excluding hydrogens is 192 g/mol. The number of likely N-dealkylation sites (N-methyl/N-ethyl adjacent to an activating group) is 1. The first-order chi connectivity index (χ1) is 7.09. The topological polar surface area (TPSA) is 56.6 Å². The van der Waals surface area contributed by atoms with Crippen LogP contribution < -0.4 is 10.4 Å². The highest BCUT2D eigenvalue weighted by molar-refractivity contribution is 5.94. The van der Waals surface area contributed by atoms with Crippen molar-refractivity contribution < 1.29 is 9.86 Å². The fraction of sp³-hybridized carbons (Fsp3) is 0.364. The van der Waals surface area contributed by atoms with Gasteiger partial charge in [-0.15, -0.1) is 0 Å². The number of quaternary nitrogens is 1. The van der Waals surface area contributed by atoms with E-state index in [0.29, 0.717) is 18.7 Å². The molecule has 1 aromatic carbocycles. The Bertz CT molecular complexity index is 337. The van der Waals surface area contributed by atoms with Crippen molar-refractivity contribution in [2.24, 2.45) is 0 Å². The summed E-state index contributed by atoms with van der Waals surface area (Å²) in [6, 6.07) is 7.36. The molecule has 0 radical (unpaired) electrons. The van der Waals surface area contributed by atoms with Gasteiger partial charge in [-0.25, -0.2) is 0 Å². The van der Waals surface area contributed by atoms with Crippen molar-refractivity contribution in [2.45, 2.75) is 6.92 Å². The lowest BCUT2D eigenvalue weighted by Gasteiger charge is -2.15. The van der Waals surface area contributed by atoms with Gasteiger partial charge in [0.15, 0.2) is 0 Å². The highest BCUT2D eigenvalue weighted by atomic mass is 16.5. The van der Waals surface area contributed by atoms with Crippen molar-refractivity contribution in [3.63, 3.8) is 0 Å². The number of carbonyl (C=O) groups is 1. The Morgan fingerprint density at radius 3 is 2.87 bits per heavy atom. The van der Waals surface area contributed by atoms with Crippen molar-refractivity contribution in [2.75, 3.05) is 20.1 Å². The normalized spacial score (nSPS) is 12.2. The summed E-state index contributed by atoms with van der Waals surface area (Å²) in [5.41, 5.74) is 1.69. The predicted molar refractivity (Wildman–Crippen MR) is 58.6 cm³/mol. The van der Waals surface area contributed by atoms with Gasteiger partial charge in [0.2, 0.25) is 0 Å². The lowest BCUT2D eigenvalue weighted by atomic mass is 10.1. The third-order valence-corrected chi connectivity index (χ3v) is 2.04. The molecule has 0 aliphatic rings. The number of hydrogen-bond acceptors (Lipinski definition) is 2. The van der Waals surface area contributed by atoms with Crippen LogP contribution in [0, 0.1) is 12.1 Å². The molecular formula is C11H16N2O2. The zero-order valence-electron chi connectivity index (χ0n) is 9.04. The van der Waals surface area contributed by atoms with Crippen LogP contribution in [0.25, 0.3) is 0 Å². The summed E-state index contributed by atoms with van der Waals surface area (Å²) >= 11 is 0.